The Morgan fingerprint density at radius 2 is 1.83 bits per heavy atom. The number of hydrogen-bond acceptors (Lipinski definition) is 7. The Morgan fingerprint density at radius 1 is 1.06 bits per heavy atom. The van der Waals surface area contributed by atoms with Crippen molar-refractivity contribution >= 4 is 35.1 Å². The molecule has 1 aliphatic rings. The van der Waals surface area contributed by atoms with Crippen molar-refractivity contribution in [2.75, 3.05) is 65.1 Å². The van der Waals surface area contributed by atoms with Crippen LogP contribution < -0.4 is 9.64 Å². The number of para-hydroxylation sites is 1. The van der Waals surface area contributed by atoms with E-state index in [1.54, 1.807) is 24.1 Å². The number of carbonyl (C=O) groups is 3. The Kier molecular flexibility index (Phi) is 10.1. The average molecular weight is 518 g/mol. The first kappa shape index (κ1) is 27.4. The third kappa shape index (κ3) is 7.43. The van der Waals surface area contributed by atoms with Crippen molar-refractivity contribution in [2.24, 2.45) is 0 Å². The van der Waals surface area contributed by atoms with E-state index in [9.17, 15) is 14.4 Å². The van der Waals surface area contributed by atoms with Crippen molar-refractivity contribution in [1.82, 2.24) is 9.80 Å². The Labute approximate surface area is 216 Å². The highest BCUT2D eigenvalue weighted by molar-refractivity contribution is 6.34. The molecule has 2 aromatic rings. The van der Waals surface area contributed by atoms with Crippen LogP contribution in [0.15, 0.2) is 42.5 Å². The first-order valence-electron chi connectivity index (χ1n) is 11.7. The lowest BCUT2D eigenvalue weighted by atomic mass is 10.1. The third-order valence-electron chi connectivity index (χ3n) is 5.79. The number of carbonyl (C=O) groups excluding carboxylic acids is 3. The Hall–Kier alpha value is -3.14. The third-order valence-corrected chi connectivity index (χ3v) is 6.10. The number of esters is 1. The van der Waals surface area contributed by atoms with Crippen LogP contribution >= 0.6 is 11.6 Å². The molecule has 0 atom stereocenters. The summed E-state index contributed by atoms with van der Waals surface area (Å²) in [7, 11) is 3.64. The van der Waals surface area contributed by atoms with Crippen LogP contribution in [0.25, 0.3) is 0 Å². The van der Waals surface area contributed by atoms with E-state index in [0.29, 0.717) is 37.7 Å². The van der Waals surface area contributed by atoms with Crippen molar-refractivity contribution in [3.05, 3.63) is 58.6 Å². The zero-order valence-corrected chi connectivity index (χ0v) is 21.6. The number of fused-ring (bicyclic) bond motifs is 1. The van der Waals surface area contributed by atoms with Gasteiger partial charge in [-0.1, -0.05) is 29.8 Å². The van der Waals surface area contributed by atoms with Crippen molar-refractivity contribution in [3.8, 4) is 5.75 Å². The first-order chi connectivity index (χ1) is 17.3. The Balaban J connectivity index is 1.74. The molecule has 0 unspecified atom stereocenters. The lowest BCUT2D eigenvalue weighted by molar-refractivity contribution is -0.141. The maximum atomic E-state index is 13.6. The molecule has 0 saturated carbocycles. The summed E-state index contributed by atoms with van der Waals surface area (Å²) < 4.78 is 15.5. The minimum Gasteiger partial charge on any atom is -0.490 e. The van der Waals surface area contributed by atoms with Gasteiger partial charge >= 0.3 is 5.97 Å². The van der Waals surface area contributed by atoms with E-state index in [1.165, 1.54) is 17.9 Å². The topological polar surface area (TPSA) is 88.6 Å². The molecule has 1 heterocycles. The molecule has 0 N–H and O–H groups in total. The van der Waals surface area contributed by atoms with Crippen molar-refractivity contribution in [1.29, 1.82) is 0 Å². The van der Waals surface area contributed by atoms with Gasteiger partial charge in [0.1, 0.15) is 25.5 Å². The molecule has 10 heteroatoms. The minimum absolute atomic E-state index is 0.0887. The minimum atomic E-state index is -0.387. The van der Waals surface area contributed by atoms with Gasteiger partial charge in [-0.2, -0.15) is 0 Å². The highest BCUT2D eigenvalue weighted by atomic mass is 35.5. The number of likely N-dealkylation sites (N-methyl/N-ethyl adjacent to an activating group) is 1. The van der Waals surface area contributed by atoms with Gasteiger partial charge in [0.25, 0.3) is 5.91 Å². The van der Waals surface area contributed by atoms with Crippen molar-refractivity contribution < 1.29 is 28.6 Å². The van der Waals surface area contributed by atoms with Gasteiger partial charge < -0.3 is 24.0 Å². The van der Waals surface area contributed by atoms with Crippen LogP contribution in [0.1, 0.15) is 22.8 Å². The summed E-state index contributed by atoms with van der Waals surface area (Å²) in [4.78, 5) is 43.0. The van der Waals surface area contributed by atoms with Crippen LogP contribution in [0, 0.1) is 0 Å². The molecule has 0 aliphatic carbocycles. The molecule has 0 spiro atoms. The molecular formula is C26H32ClN3O6. The van der Waals surface area contributed by atoms with E-state index in [1.807, 2.05) is 31.3 Å². The Bertz CT molecular complexity index is 1080. The van der Waals surface area contributed by atoms with Crippen LogP contribution in [0.5, 0.6) is 5.75 Å². The standard InChI is InChI=1S/C26H32ClN3O6/c1-19(31)35-14-15-36-21-8-9-22(23(27)16-21)26(33)30-18-25(32)29(11-10-28(2)12-13-34-3)17-20-6-4-5-7-24(20)30/h4-9,16H,10-15,17-18H2,1-3H3. The molecule has 194 valence electrons. The van der Waals surface area contributed by atoms with E-state index in [2.05, 4.69) is 4.90 Å². The summed E-state index contributed by atoms with van der Waals surface area (Å²) in [5.74, 6) is -0.450. The molecule has 0 saturated heterocycles. The highest BCUT2D eigenvalue weighted by Crippen LogP contribution is 2.30. The number of rotatable bonds is 11. The quantitative estimate of drug-likeness (QED) is 0.334. The van der Waals surface area contributed by atoms with Gasteiger partial charge in [-0.25, -0.2) is 0 Å². The first-order valence-corrected chi connectivity index (χ1v) is 12.1. The Morgan fingerprint density at radius 3 is 2.56 bits per heavy atom. The van der Waals surface area contributed by atoms with Gasteiger partial charge in [0, 0.05) is 45.9 Å². The maximum Gasteiger partial charge on any atom is 0.302 e. The fourth-order valence-corrected chi connectivity index (χ4v) is 4.06. The largest absolute Gasteiger partial charge is 0.490 e. The van der Waals surface area contributed by atoms with E-state index in [0.717, 1.165) is 12.1 Å². The molecule has 9 nitrogen and oxygen atoms in total. The molecule has 0 bridgehead atoms. The van der Waals surface area contributed by atoms with Gasteiger partial charge in [-0.15, -0.1) is 0 Å². The van der Waals surface area contributed by atoms with E-state index in [4.69, 9.17) is 25.8 Å². The molecule has 2 amide bonds. The van der Waals surface area contributed by atoms with Gasteiger partial charge in [0.05, 0.1) is 17.2 Å². The summed E-state index contributed by atoms with van der Waals surface area (Å²) in [6.07, 6.45) is 0. The second-order valence-electron chi connectivity index (χ2n) is 8.46. The molecule has 1 aliphatic heterocycles. The second-order valence-corrected chi connectivity index (χ2v) is 8.87. The predicted molar refractivity (Wildman–Crippen MR) is 136 cm³/mol. The normalized spacial score (nSPS) is 13.4. The summed E-state index contributed by atoms with van der Waals surface area (Å²) in [6, 6.07) is 12.3. The highest BCUT2D eigenvalue weighted by Gasteiger charge is 2.30. The number of benzene rings is 2. The van der Waals surface area contributed by atoms with Crippen LogP contribution in [0.2, 0.25) is 5.02 Å². The fraction of sp³-hybridized carbons (Fsp3) is 0.423. The smallest absolute Gasteiger partial charge is 0.302 e. The summed E-state index contributed by atoms with van der Waals surface area (Å²) in [5, 5.41) is 0.204. The molecule has 0 radical (unpaired) electrons. The van der Waals surface area contributed by atoms with Gasteiger partial charge in [0.15, 0.2) is 0 Å². The van der Waals surface area contributed by atoms with E-state index >= 15 is 0 Å². The summed E-state index contributed by atoms with van der Waals surface area (Å²) >= 11 is 6.44. The van der Waals surface area contributed by atoms with Crippen molar-refractivity contribution in [3.63, 3.8) is 0 Å². The zero-order chi connectivity index (χ0) is 26.1. The van der Waals surface area contributed by atoms with Gasteiger partial charge in [-0.05, 0) is 36.9 Å². The van der Waals surface area contributed by atoms with Crippen LogP contribution in [-0.2, 0) is 25.6 Å². The predicted octanol–water partition coefficient (Wildman–Crippen LogP) is 2.85. The molecule has 2 aromatic carbocycles. The van der Waals surface area contributed by atoms with Crippen LogP contribution in [0.4, 0.5) is 5.69 Å². The maximum absolute atomic E-state index is 13.6. The number of nitrogens with zero attached hydrogens (tertiary/aromatic N) is 3. The van der Waals surface area contributed by atoms with Crippen LogP contribution in [0.3, 0.4) is 0 Å². The van der Waals surface area contributed by atoms with Gasteiger partial charge in [0.2, 0.25) is 5.91 Å². The van der Waals surface area contributed by atoms with E-state index < -0.39 is 0 Å². The average Bonchev–Trinajstić information content (AvgIpc) is 3.00. The van der Waals surface area contributed by atoms with Crippen molar-refractivity contribution in [2.45, 2.75) is 13.5 Å². The lowest BCUT2D eigenvalue weighted by Crippen LogP contribution is -2.42. The number of anilines is 1. The number of halogens is 1. The van der Waals surface area contributed by atoms with Crippen LogP contribution in [-0.4, -0.2) is 87.7 Å². The summed E-state index contributed by atoms with van der Waals surface area (Å²) in [6.45, 7) is 4.53. The SMILES string of the molecule is COCCN(C)CCN1Cc2ccccc2N(C(=O)c2ccc(OCCOC(C)=O)cc2Cl)CC1=O. The molecule has 3 rings (SSSR count). The molecular weight excluding hydrogens is 486 g/mol. The molecule has 36 heavy (non-hydrogen) atoms. The fourth-order valence-electron chi connectivity index (χ4n) is 3.81. The second kappa shape index (κ2) is 13.2. The number of hydrogen-bond donors (Lipinski definition) is 0. The molecule has 0 aromatic heterocycles. The lowest BCUT2D eigenvalue weighted by Gasteiger charge is -2.25. The van der Waals surface area contributed by atoms with E-state index in [-0.39, 0.29) is 48.1 Å². The number of amides is 2. The van der Waals surface area contributed by atoms with Gasteiger partial charge in [-0.3, -0.25) is 19.3 Å². The zero-order valence-electron chi connectivity index (χ0n) is 20.9. The monoisotopic (exact) mass is 517 g/mol. The number of methoxy groups -OCH3 is 1. The number of ether oxygens (including phenoxy) is 3. The molecule has 0 fully saturated rings. The summed E-state index contributed by atoms with van der Waals surface area (Å²) in [5.41, 5.74) is 1.83.